The molecule has 2 aromatic rings. The Hall–Kier alpha value is -3.33. The van der Waals surface area contributed by atoms with Crippen LogP contribution in [0.3, 0.4) is 0 Å². The quantitative estimate of drug-likeness (QED) is 0.623. The first-order chi connectivity index (χ1) is 14.1. The van der Waals surface area contributed by atoms with Crippen LogP contribution >= 0.6 is 0 Å². The van der Waals surface area contributed by atoms with Crippen molar-refractivity contribution in [2.75, 3.05) is 49.7 Å². The normalized spacial score (nSPS) is 16.1. The van der Waals surface area contributed by atoms with Crippen LogP contribution in [0, 0.1) is 10.1 Å². The second-order valence-corrected chi connectivity index (χ2v) is 6.73. The average Bonchev–Trinajstić information content (AvgIpc) is 2.99. The summed E-state index contributed by atoms with van der Waals surface area (Å²) >= 11 is 0. The van der Waals surface area contributed by atoms with E-state index < -0.39 is 10.8 Å². The van der Waals surface area contributed by atoms with Crippen LogP contribution in [0.5, 0.6) is 11.5 Å². The van der Waals surface area contributed by atoms with E-state index in [0.717, 1.165) is 6.42 Å². The molecule has 4 rings (SSSR count). The van der Waals surface area contributed by atoms with Gasteiger partial charge in [0.15, 0.2) is 11.5 Å². The van der Waals surface area contributed by atoms with E-state index in [1.807, 2.05) is 4.90 Å². The topological polar surface area (TPSA) is 103 Å². The van der Waals surface area contributed by atoms with Crippen molar-refractivity contribution in [1.29, 1.82) is 0 Å². The predicted octanol–water partition coefficient (Wildman–Crippen LogP) is 2.85. The predicted molar refractivity (Wildman–Crippen MR) is 106 cm³/mol. The standard InChI is InChI=1S/C20H21N3O6/c24-20(21-15-3-5-18-19(13-15)29-9-1-8-28-18)14-2-4-16(17(12-14)23(25)26)22-6-10-27-11-7-22/h2-5,12-13H,1,6-11H2,(H,21,24). The van der Waals surface area contributed by atoms with Crippen molar-refractivity contribution in [1.82, 2.24) is 0 Å². The van der Waals surface area contributed by atoms with Crippen LogP contribution in [0.1, 0.15) is 16.8 Å². The molecule has 0 saturated carbocycles. The van der Waals surface area contributed by atoms with Crippen molar-refractivity contribution in [2.24, 2.45) is 0 Å². The largest absolute Gasteiger partial charge is 0.490 e. The maximum atomic E-state index is 12.7. The van der Waals surface area contributed by atoms with E-state index in [0.29, 0.717) is 62.4 Å². The minimum Gasteiger partial charge on any atom is -0.490 e. The van der Waals surface area contributed by atoms with Crippen LogP contribution < -0.4 is 19.7 Å². The van der Waals surface area contributed by atoms with Crippen molar-refractivity contribution in [2.45, 2.75) is 6.42 Å². The third kappa shape index (κ3) is 4.24. The summed E-state index contributed by atoms with van der Waals surface area (Å²) in [6, 6.07) is 9.66. The zero-order valence-corrected chi connectivity index (χ0v) is 15.8. The first-order valence-electron chi connectivity index (χ1n) is 9.44. The fourth-order valence-corrected chi connectivity index (χ4v) is 3.33. The molecule has 0 unspecified atom stereocenters. The molecule has 2 aliphatic heterocycles. The molecule has 2 aromatic carbocycles. The summed E-state index contributed by atoms with van der Waals surface area (Å²) in [5.41, 5.74) is 1.13. The first-order valence-corrected chi connectivity index (χ1v) is 9.44. The number of hydrogen-bond donors (Lipinski definition) is 1. The van der Waals surface area contributed by atoms with Gasteiger partial charge in [-0.25, -0.2) is 0 Å². The molecule has 2 heterocycles. The van der Waals surface area contributed by atoms with E-state index in [1.54, 1.807) is 30.3 Å². The number of nitro groups is 1. The van der Waals surface area contributed by atoms with Crippen LogP contribution in [0.4, 0.5) is 17.1 Å². The summed E-state index contributed by atoms with van der Waals surface area (Å²) in [4.78, 5) is 25.7. The van der Waals surface area contributed by atoms with Gasteiger partial charge in [-0.15, -0.1) is 0 Å². The zero-order valence-electron chi connectivity index (χ0n) is 15.8. The zero-order chi connectivity index (χ0) is 20.2. The maximum Gasteiger partial charge on any atom is 0.293 e. The fraction of sp³-hybridized carbons (Fsp3) is 0.350. The summed E-state index contributed by atoms with van der Waals surface area (Å²) in [7, 11) is 0. The molecular weight excluding hydrogens is 378 g/mol. The summed E-state index contributed by atoms with van der Waals surface area (Å²) in [5, 5.41) is 14.3. The van der Waals surface area contributed by atoms with E-state index in [2.05, 4.69) is 5.32 Å². The number of amides is 1. The minimum absolute atomic E-state index is 0.0989. The van der Waals surface area contributed by atoms with Gasteiger partial charge in [-0.05, 0) is 24.3 Å². The third-order valence-corrected chi connectivity index (χ3v) is 4.79. The van der Waals surface area contributed by atoms with Crippen molar-refractivity contribution in [3.63, 3.8) is 0 Å². The molecule has 0 atom stereocenters. The average molecular weight is 399 g/mol. The molecule has 0 bridgehead atoms. The Balaban J connectivity index is 1.55. The Morgan fingerprint density at radius 1 is 1.00 bits per heavy atom. The number of hydrogen-bond acceptors (Lipinski definition) is 7. The number of anilines is 2. The molecular formula is C20H21N3O6. The van der Waals surface area contributed by atoms with Crippen molar-refractivity contribution in [3.8, 4) is 11.5 Å². The second-order valence-electron chi connectivity index (χ2n) is 6.73. The highest BCUT2D eigenvalue weighted by Gasteiger charge is 2.23. The number of carbonyl (C=O) groups excluding carboxylic acids is 1. The van der Waals surface area contributed by atoms with E-state index >= 15 is 0 Å². The first kappa shape index (κ1) is 19.0. The van der Waals surface area contributed by atoms with Crippen LogP contribution in [0.2, 0.25) is 0 Å². The van der Waals surface area contributed by atoms with E-state index in [4.69, 9.17) is 14.2 Å². The second kappa shape index (κ2) is 8.36. The molecule has 29 heavy (non-hydrogen) atoms. The Morgan fingerprint density at radius 3 is 2.52 bits per heavy atom. The molecule has 0 spiro atoms. The molecule has 1 amide bonds. The van der Waals surface area contributed by atoms with Gasteiger partial charge in [0.25, 0.3) is 11.6 Å². The van der Waals surface area contributed by atoms with Gasteiger partial charge in [0.2, 0.25) is 0 Å². The van der Waals surface area contributed by atoms with Crippen LogP contribution in [-0.2, 0) is 4.74 Å². The van der Waals surface area contributed by atoms with Crippen LogP contribution in [0.25, 0.3) is 0 Å². The highest BCUT2D eigenvalue weighted by atomic mass is 16.6. The Bertz CT molecular complexity index is 926. The SMILES string of the molecule is O=C(Nc1ccc2c(c1)OCCCO2)c1ccc(N2CCOCC2)c([N+](=O)[O-])c1. The molecule has 9 heteroatoms. The van der Waals surface area contributed by atoms with Gasteiger partial charge >= 0.3 is 0 Å². The lowest BCUT2D eigenvalue weighted by Crippen LogP contribution is -2.36. The molecule has 0 radical (unpaired) electrons. The lowest BCUT2D eigenvalue weighted by molar-refractivity contribution is -0.384. The van der Waals surface area contributed by atoms with Gasteiger partial charge in [0, 0.05) is 42.9 Å². The number of nitro benzene ring substituents is 1. The van der Waals surface area contributed by atoms with Gasteiger partial charge in [0.1, 0.15) is 5.69 Å². The highest BCUT2D eigenvalue weighted by Crippen LogP contribution is 2.33. The Labute approximate surface area is 167 Å². The van der Waals surface area contributed by atoms with Gasteiger partial charge in [-0.3, -0.25) is 14.9 Å². The van der Waals surface area contributed by atoms with Gasteiger partial charge < -0.3 is 24.4 Å². The van der Waals surface area contributed by atoms with E-state index in [9.17, 15) is 14.9 Å². The van der Waals surface area contributed by atoms with E-state index in [1.165, 1.54) is 6.07 Å². The lowest BCUT2D eigenvalue weighted by atomic mass is 10.1. The molecule has 1 N–H and O–H groups in total. The smallest absolute Gasteiger partial charge is 0.293 e. The monoisotopic (exact) mass is 399 g/mol. The molecule has 2 aliphatic rings. The maximum absolute atomic E-state index is 12.7. The van der Waals surface area contributed by atoms with Crippen LogP contribution in [0.15, 0.2) is 36.4 Å². The van der Waals surface area contributed by atoms with E-state index in [-0.39, 0.29) is 11.3 Å². The number of rotatable bonds is 4. The van der Waals surface area contributed by atoms with Crippen molar-refractivity contribution in [3.05, 3.63) is 52.1 Å². The molecule has 9 nitrogen and oxygen atoms in total. The number of fused-ring (bicyclic) bond motifs is 1. The molecule has 152 valence electrons. The number of morpholine rings is 1. The third-order valence-electron chi connectivity index (χ3n) is 4.79. The number of carbonyl (C=O) groups is 1. The molecule has 0 aromatic heterocycles. The lowest BCUT2D eigenvalue weighted by Gasteiger charge is -2.28. The number of benzene rings is 2. The minimum atomic E-state index is -0.463. The van der Waals surface area contributed by atoms with Crippen LogP contribution in [-0.4, -0.2) is 50.3 Å². The summed E-state index contributed by atoms with van der Waals surface area (Å²) < 4.78 is 16.5. The molecule has 1 saturated heterocycles. The Morgan fingerprint density at radius 2 is 1.76 bits per heavy atom. The highest BCUT2D eigenvalue weighted by molar-refractivity contribution is 6.05. The Kier molecular flexibility index (Phi) is 5.48. The molecule has 1 fully saturated rings. The summed E-state index contributed by atoms with van der Waals surface area (Å²) in [6.45, 7) is 3.30. The molecule has 0 aliphatic carbocycles. The summed E-state index contributed by atoms with van der Waals surface area (Å²) in [6.07, 6.45) is 0.787. The van der Waals surface area contributed by atoms with Gasteiger partial charge in [-0.2, -0.15) is 0 Å². The van der Waals surface area contributed by atoms with Gasteiger partial charge in [-0.1, -0.05) is 0 Å². The summed E-state index contributed by atoms with van der Waals surface area (Å²) in [5.74, 6) is 0.760. The van der Waals surface area contributed by atoms with Crippen molar-refractivity contribution < 1.29 is 23.9 Å². The number of ether oxygens (including phenoxy) is 3. The number of nitrogens with zero attached hydrogens (tertiary/aromatic N) is 2. The van der Waals surface area contributed by atoms with Crippen molar-refractivity contribution >= 4 is 23.0 Å². The fourth-order valence-electron chi connectivity index (χ4n) is 3.33. The number of nitrogens with one attached hydrogen (secondary N) is 1. The van der Waals surface area contributed by atoms with Gasteiger partial charge in [0.05, 0.1) is 31.4 Å².